The number of methoxy groups -OCH3 is 2. The molecule has 0 N–H and O–H groups in total. The fourth-order valence-electron chi connectivity index (χ4n) is 1.67. The molecule has 108 valence electrons. The molecule has 0 bridgehead atoms. The molecule has 0 fully saturated rings. The van der Waals surface area contributed by atoms with Gasteiger partial charge in [0.15, 0.2) is 0 Å². The van der Waals surface area contributed by atoms with Gasteiger partial charge in [-0.3, -0.25) is 0 Å². The standard InChI is InChI=1S/C16H20O4/c1-16(2,3)12-8-6-11(7-9-12)10-13(14(17)19-4)15(18)20-5/h6-10H,1-5H3. The van der Waals surface area contributed by atoms with Crippen LogP contribution in [-0.2, 0) is 24.5 Å². The Bertz CT molecular complexity index is 500. The lowest BCUT2D eigenvalue weighted by molar-refractivity contribution is -0.143. The van der Waals surface area contributed by atoms with Gasteiger partial charge < -0.3 is 9.47 Å². The Morgan fingerprint density at radius 3 is 1.75 bits per heavy atom. The van der Waals surface area contributed by atoms with Crippen molar-refractivity contribution in [2.24, 2.45) is 0 Å². The van der Waals surface area contributed by atoms with Crippen LogP contribution in [0.2, 0.25) is 0 Å². The van der Waals surface area contributed by atoms with Crippen LogP contribution < -0.4 is 0 Å². The zero-order valence-corrected chi connectivity index (χ0v) is 12.5. The van der Waals surface area contributed by atoms with E-state index in [1.54, 1.807) is 0 Å². The lowest BCUT2D eigenvalue weighted by Gasteiger charge is -2.18. The fraction of sp³-hybridized carbons (Fsp3) is 0.375. The molecule has 0 aliphatic carbocycles. The Morgan fingerprint density at radius 2 is 1.40 bits per heavy atom. The zero-order valence-electron chi connectivity index (χ0n) is 12.5. The van der Waals surface area contributed by atoms with E-state index in [-0.39, 0.29) is 11.0 Å². The van der Waals surface area contributed by atoms with Crippen LogP contribution in [-0.4, -0.2) is 26.2 Å². The predicted octanol–water partition coefficient (Wildman–Crippen LogP) is 2.71. The molecule has 4 heteroatoms. The Labute approximate surface area is 119 Å². The number of hydrogen-bond donors (Lipinski definition) is 0. The molecule has 0 saturated heterocycles. The van der Waals surface area contributed by atoms with Crippen molar-refractivity contribution in [3.63, 3.8) is 0 Å². The summed E-state index contributed by atoms with van der Waals surface area (Å²) in [6.07, 6.45) is 1.46. The van der Waals surface area contributed by atoms with Gasteiger partial charge in [0.05, 0.1) is 14.2 Å². The van der Waals surface area contributed by atoms with Crippen molar-refractivity contribution < 1.29 is 19.1 Å². The van der Waals surface area contributed by atoms with E-state index < -0.39 is 11.9 Å². The van der Waals surface area contributed by atoms with Crippen molar-refractivity contribution in [3.8, 4) is 0 Å². The third-order valence-corrected chi connectivity index (χ3v) is 2.90. The Morgan fingerprint density at radius 1 is 0.950 bits per heavy atom. The molecule has 0 spiro atoms. The van der Waals surface area contributed by atoms with E-state index >= 15 is 0 Å². The van der Waals surface area contributed by atoms with E-state index in [1.165, 1.54) is 25.9 Å². The van der Waals surface area contributed by atoms with Gasteiger partial charge in [0.25, 0.3) is 0 Å². The van der Waals surface area contributed by atoms with Gasteiger partial charge in [0, 0.05) is 0 Å². The minimum absolute atomic E-state index is 0.0514. The maximum absolute atomic E-state index is 11.6. The van der Waals surface area contributed by atoms with Gasteiger partial charge in [0.1, 0.15) is 5.57 Å². The van der Waals surface area contributed by atoms with Crippen molar-refractivity contribution in [2.75, 3.05) is 14.2 Å². The van der Waals surface area contributed by atoms with Crippen LogP contribution >= 0.6 is 0 Å². The summed E-state index contributed by atoms with van der Waals surface area (Å²) in [6.45, 7) is 6.35. The highest BCUT2D eigenvalue weighted by Gasteiger charge is 2.19. The van der Waals surface area contributed by atoms with Crippen molar-refractivity contribution in [1.29, 1.82) is 0 Å². The average Bonchev–Trinajstić information content (AvgIpc) is 2.42. The van der Waals surface area contributed by atoms with E-state index in [4.69, 9.17) is 0 Å². The molecule has 0 aromatic heterocycles. The van der Waals surface area contributed by atoms with E-state index in [2.05, 4.69) is 30.2 Å². The van der Waals surface area contributed by atoms with Crippen molar-refractivity contribution in [2.45, 2.75) is 26.2 Å². The molecule has 0 heterocycles. The number of carbonyl (C=O) groups excluding carboxylic acids is 2. The third-order valence-electron chi connectivity index (χ3n) is 2.90. The van der Waals surface area contributed by atoms with Gasteiger partial charge in [-0.25, -0.2) is 9.59 Å². The van der Waals surface area contributed by atoms with E-state index in [9.17, 15) is 9.59 Å². The minimum atomic E-state index is -0.711. The second-order valence-corrected chi connectivity index (χ2v) is 5.41. The van der Waals surface area contributed by atoms with E-state index in [1.807, 2.05) is 24.3 Å². The van der Waals surface area contributed by atoms with Crippen LogP contribution in [0.25, 0.3) is 6.08 Å². The van der Waals surface area contributed by atoms with E-state index in [0.29, 0.717) is 0 Å². The summed E-state index contributed by atoms with van der Waals surface area (Å²) < 4.78 is 9.15. The SMILES string of the molecule is COC(=O)C(=Cc1ccc(C(C)(C)C)cc1)C(=O)OC. The second-order valence-electron chi connectivity index (χ2n) is 5.41. The molecule has 0 unspecified atom stereocenters. The molecule has 1 rings (SSSR count). The lowest BCUT2D eigenvalue weighted by atomic mass is 9.86. The number of ether oxygens (including phenoxy) is 2. The molecule has 4 nitrogen and oxygen atoms in total. The molecule has 0 radical (unpaired) electrons. The average molecular weight is 276 g/mol. The number of hydrogen-bond acceptors (Lipinski definition) is 4. The Hall–Kier alpha value is -2.10. The number of benzene rings is 1. The highest BCUT2D eigenvalue weighted by Crippen LogP contribution is 2.23. The summed E-state index contributed by atoms with van der Waals surface area (Å²) in [7, 11) is 2.45. The largest absolute Gasteiger partial charge is 0.465 e. The molecule has 0 aliphatic rings. The number of carbonyl (C=O) groups is 2. The maximum atomic E-state index is 11.6. The van der Waals surface area contributed by atoms with Gasteiger partial charge in [-0.15, -0.1) is 0 Å². The van der Waals surface area contributed by atoms with E-state index in [0.717, 1.165) is 5.56 Å². The normalized spacial score (nSPS) is 10.7. The maximum Gasteiger partial charge on any atom is 0.345 e. The first-order valence-electron chi connectivity index (χ1n) is 6.28. The summed E-state index contributed by atoms with van der Waals surface area (Å²) in [4.78, 5) is 23.1. The summed E-state index contributed by atoms with van der Waals surface area (Å²) in [5.41, 5.74) is 1.84. The Kier molecular flexibility index (Phi) is 5.08. The van der Waals surface area contributed by atoms with Crippen LogP contribution in [0.3, 0.4) is 0 Å². The fourth-order valence-corrected chi connectivity index (χ4v) is 1.67. The van der Waals surface area contributed by atoms with Gasteiger partial charge in [-0.2, -0.15) is 0 Å². The van der Waals surface area contributed by atoms with Crippen molar-refractivity contribution >= 4 is 18.0 Å². The van der Waals surface area contributed by atoms with Crippen LogP contribution in [0.1, 0.15) is 31.9 Å². The van der Waals surface area contributed by atoms with Gasteiger partial charge in [-0.1, -0.05) is 45.0 Å². The second kappa shape index (κ2) is 6.37. The highest BCUT2D eigenvalue weighted by molar-refractivity contribution is 6.17. The summed E-state index contributed by atoms with van der Waals surface area (Å²) in [5, 5.41) is 0. The van der Waals surface area contributed by atoms with Gasteiger partial charge in [0.2, 0.25) is 0 Å². The molecule has 0 aliphatic heterocycles. The molecule has 20 heavy (non-hydrogen) atoms. The topological polar surface area (TPSA) is 52.6 Å². The van der Waals surface area contributed by atoms with Crippen LogP contribution in [0.5, 0.6) is 0 Å². The molecule has 0 atom stereocenters. The first kappa shape index (κ1) is 16.0. The Balaban J connectivity index is 3.12. The number of esters is 2. The van der Waals surface area contributed by atoms with Crippen LogP contribution in [0, 0.1) is 0 Å². The number of rotatable bonds is 3. The van der Waals surface area contributed by atoms with Crippen molar-refractivity contribution in [3.05, 3.63) is 41.0 Å². The van der Waals surface area contributed by atoms with Crippen LogP contribution in [0.15, 0.2) is 29.8 Å². The van der Waals surface area contributed by atoms with Crippen LogP contribution in [0.4, 0.5) is 0 Å². The monoisotopic (exact) mass is 276 g/mol. The summed E-state index contributed by atoms with van der Waals surface area (Å²) in [6, 6.07) is 7.65. The lowest BCUT2D eigenvalue weighted by Crippen LogP contribution is -2.15. The smallest absolute Gasteiger partial charge is 0.345 e. The quantitative estimate of drug-likeness (QED) is 0.368. The van der Waals surface area contributed by atoms with Crippen molar-refractivity contribution in [1.82, 2.24) is 0 Å². The molecular formula is C16H20O4. The zero-order chi connectivity index (χ0) is 15.3. The summed E-state index contributed by atoms with van der Waals surface area (Å²) in [5.74, 6) is -1.42. The first-order valence-corrected chi connectivity index (χ1v) is 6.28. The minimum Gasteiger partial charge on any atom is -0.465 e. The molecule has 0 saturated carbocycles. The highest BCUT2D eigenvalue weighted by atomic mass is 16.5. The predicted molar refractivity (Wildman–Crippen MR) is 77.2 cm³/mol. The third kappa shape index (κ3) is 3.95. The van der Waals surface area contributed by atoms with Gasteiger partial charge >= 0.3 is 11.9 Å². The molecule has 1 aromatic carbocycles. The molecule has 1 aromatic rings. The van der Waals surface area contributed by atoms with Gasteiger partial charge in [-0.05, 0) is 22.6 Å². The molecular weight excluding hydrogens is 256 g/mol. The first-order chi connectivity index (χ1) is 9.29. The molecule has 0 amide bonds. The summed E-state index contributed by atoms with van der Waals surface area (Å²) >= 11 is 0.